The highest BCUT2D eigenvalue weighted by Crippen LogP contribution is 2.13. The third-order valence-electron chi connectivity index (χ3n) is 2.85. The van der Waals surface area contributed by atoms with Crippen LogP contribution in [0.3, 0.4) is 0 Å². The summed E-state index contributed by atoms with van der Waals surface area (Å²) in [6.45, 7) is 0.504. The molecule has 0 saturated carbocycles. The van der Waals surface area contributed by atoms with Gasteiger partial charge < -0.3 is 10.1 Å². The zero-order valence-electron chi connectivity index (χ0n) is 10.6. The quantitative estimate of drug-likeness (QED) is 0.715. The Balaban J connectivity index is 1.81. The summed E-state index contributed by atoms with van der Waals surface area (Å²) >= 11 is 1.38. The van der Waals surface area contributed by atoms with Gasteiger partial charge in [0, 0.05) is 12.8 Å². The summed E-state index contributed by atoms with van der Waals surface area (Å²) < 4.78 is 2.26. The molecule has 2 N–H and O–H groups in total. The summed E-state index contributed by atoms with van der Waals surface area (Å²) in [5.74, 6) is 0.555. The molecule has 0 spiro atoms. The molecule has 20 heavy (non-hydrogen) atoms. The van der Waals surface area contributed by atoms with Gasteiger partial charge in [-0.05, 0) is 24.3 Å². The standard InChI is InChI=1S/C12H13N5O2S/c18-4-1-2-8-6-17(16-15-8)7-10-13-9-3-5-20-11(9)12(19)14-10/h3,5-6,18H,1-2,4,7H2,(H,13,14,19). The van der Waals surface area contributed by atoms with Crippen LogP contribution in [0.2, 0.25) is 0 Å². The molecule has 7 nitrogen and oxygen atoms in total. The molecule has 0 fully saturated rings. The van der Waals surface area contributed by atoms with Crippen molar-refractivity contribution in [1.29, 1.82) is 0 Å². The van der Waals surface area contributed by atoms with Gasteiger partial charge >= 0.3 is 0 Å². The van der Waals surface area contributed by atoms with E-state index in [1.807, 2.05) is 11.4 Å². The highest BCUT2D eigenvalue weighted by molar-refractivity contribution is 7.17. The molecule has 3 aromatic heterocycles. The molecule has 0 unspecified atom stereocenters. The van der Waals surface area contributed by atoms with Gasteiger partial charge in [-0.3, -0.25) is 4.79 Å². The van der Waals surface area contributed by atoms with Crippen LogP contribution in [0.1, 0.15) is 17.9 Å². The second kappa shape index (κ2) is 5.51. The Morgan fingerprint density at radius 3 is 3.20 bits per heavy atom. The lowest BCUT2D eigenvalue weighted by atomic mass is 10.3. The van der Waals surface area contributed by atoms with E-state index in [9.17, 15) is 4.79 Å². The van der Waals surface area contributed by atoms with Gasteiger partial charge in [0.05, 0.1) is 11.2 Å². The molecular weight excluding hydrogens is 278 g/mol. The van der Waals surface area contributed by atoms with E-state index in [-0.39, 0.29) is 12.2 Å². The number of hydrogen-bond acceptors (Lipinski definition) is 6. The lowest BCUT2D eigenvalue weighted by Crippen LogP contribution is -2.13. The summed E-state index contributed by atoms with van der Waals surface area (Å²) in [7, 11) is 0. The average Bonchev–Trinajstić information content (AvgIpc) is 3.05. The number of aromatic nitrogens is 5. The lowest BCUT2D eigenvalue weighted by molar-refractivity contribution is 0.288. The molecule has 0 atom stereocenters. The normalized spacial score (nSPS) is 11.2. The fourth-order valence-corrected chi connectivity index (χ4v) is 2.67. The van der Waals surface area contributed by atoms with E-state index in [0.717, 1.165) is 5.69 Å². The molecule has 0 aliphatic rings. The molecular formula is C12H13N5O2S. The van der Waals surface area contributed by atoms with Crippen LogP contribution in [0.25, 0.3) is 10.2 Å². The van der Waals surface area contributed by atoms with Crippen LogP contribution in [0.5, 0.6) is 0 Å². The minimum Gasteiger partial charge on any atom is -0.396 e. The van der Waals surface area contributed by atoms with Gasteiger partial charge in [0.25, 0.3) is 5.56 Å². The maximum atomic E-state index is 11.8. The molecule has 104 valence electrons. The predicted molar refractivity (Wildman–Crippen MR) is 74.8 cm³/mol. The van der Waals surface area contributed by atoms with Crippen molar-refractivity contribution in [1.82, 2.24) is 25.0 Å². The van der Waals surface area contributed by atoms with Gasteiger partial charge in [-0.25, -0.2) is 9.67 Å². The zero-order chi connectivity index (χ0) is 13.9. The molecule has 0 saturated heterocycles. The van der Waals surface area contributed by atoms with Crippen LogP contribution in [0, 0.1) is 0 Å². The summed E-state index contributed by atoms with van der Waals surface area (Å²) in [6, 6.07) is 1.83. The Hall–Kier alpha value is -2.06. The van der Waals surface area contributed by atoms with Crippen molar-refractivity contribution in [2.75, 3.05) is 6.61 Å². The molecule has 3 rings (SSSR count). The van der Waals surface area contributed by atoms with Crippen molar-refractivity contribution in [3.8, 4) is 0 Å². The number of rotatable bonds is 5. The van der Waals surface area contributed by atoms with Crippen LogP contribution < -0.4 is 5.56 Å². The first-order valence-corrected chi connectivity index (χ1v) is 7.10. The Bertz CT molecular complexity index is 775. The first-order chi connectivity index (χ1) is 9.76. The van der Waals surface area contributed by atoms with E-state index in [0.29, 0.717) is 35.4 Å². The van der Waals surface area contributed by atoms with Crippen molar-refractivity contribution < 1.29 is 5.11 Å². The third kappa shape index (κ3) is 2.61. The Morgan fingerprint density at radius 2 is 2.35 bits per heavy atom. The highest BCUT2D eigenvalue weighted by Gasteiger charge is 2.07. The van der Waals surface area contributed by atoms with Gasteiger partial charge in [-0.1, -0.05) is 5.21 Å². The number of hydrogen-bond donors (Lipinski definition) is 2. The van der Waals surface area contributed by atoms with Crippen molar-refractivity contribution in [3.63, 3.8) is 0 Å². The van der Waals surface area contributed by atoms with E-state index in [4.69, 9.17) is 5.11 Å². The number of aryl methyl sites for hydroxylation is 1. The number of aromatic amines is 1. The van der Waals surface area contributed by atoms with Crippen molar-refractivity contribution in [3.05, 3.63) is 39.5 Å². The number of thiophene rings is 1. The Morgan fingerprint density at radius 1 is 1.45 bits per heavy atom. The fourth-order valence-electron chi connectivity index (χ4n) is 1.94. The predicted octanol–water partition coefficient (Wildman–Crippen LogP) is 0.549. The van der Waals surface area contributed by atoms with Crippen LogP contribution >= 0.6 is 11.3 Å². The van der Waals surface area contributed by atoms with E-state index in [1.54, 1.807) is 10.9 Å². The summed E-state index contributed by atoms with van der Waals surface area (Å²) in [5, 5.41) is 18.6. The van der Waals surface area contributed by atoms with Gasteiger partial charge in [0.1, 0.15) is 17.1 Å². The van der Waals surface area contributed by atoms with E-state index >= 15 is 0 Å². The number of nitrogens with zero attached hydrogens (tertiary/aromatic N) is 4. The van der Waals surface area contributed by atoms with Gasteiger partial charge in [-0.15, -0.1) is 16.4 Å². The maximum Gasteiger partial charge on any atom is 0.268 e. The summed E-state index contributed by atoms with van der Waals surface area (Å²) in [5.41, 5.74) is 1.40. The average molecular weight is 291 g/mol. The monoisotopic (exact) mass is 291 g/mol. The second-order valence-electron chi connectivity index (χ2n) is 4.38. The third-order valence-corrected chi connectivity index (χ3v) is 3.76. The molecule has 0 aliphatic heterocycles. The number of aliphatic hydroxyl groups excluding tert-OH is 1. The van der Waals surface area contributed by atoms with Gasteiger partial charge in [0.15, 0.2) is 0 Å². The second-order valence-corrected chi connectivity index (χ2v) is 5.30. The SMILES string of the molecule is O=c1[nH]c(Cn2cc(CCCO)nn2)nc2ccsc12. The highest BCUT2D eigenvalue weighted by atomic mass is 32.1. The molecule has 0 aromatic carbocycles. The van der Waals surface area contributed by atoms with Crippen LogP contribution in [0.15, 0.2) is 22.4 Å². The first-order valence-electron chi connectivity index (χ1n) is 6.22. The number of nitrogens with one attached hydrogen (secondary N) is 1. The molecule has 0 bridgehead atoms. The maximum absolute atomic E-state index is 11.8. The molecule has 0 aliphatic carbocycles. The number of H-pyrrole nitrogens is 1. The minimum atomic E-state index is -0.124. The van der Waals surface area contributed by atoms with Gasteiger partial charge in [-0.2, -0.15) is 0 Å². The van der Waals surface area contributed by atoms with Crippen LogP contribution in [0.4, 0.5) is 0 Å². The summed E-state index contributed by atoms with van der Waals surface area (Å²) in [6.07, 6.45) is 3.14. The number of fused-ring (bicyclic) bond motifs is 1. The van der Waals surface area contributed by atoms with Crippen molar-refractivity contribution in [2.24, 2.45) is 0 Å². The smallest absolute Gasteiger partial charge is 0.268 e. The zero-order valence-corrected chi connectivity index (χ0v) is 11.4. The largest absolute Gasteiger partial charge is 0.396 e. The molecule has 3 heterocycles. The first kappa shape index (κ1) is 12.9. The lowest BCUT2D eigenvalue weighted by Gasteiger charge is -2.00. The summed E-state index contributed by atoms with van der Waals surface area (Å²) in [4.78, 5) is 19.0. The Kier molecular flexibility index (Phi) is 3.57. The topological polar surface area (TPSA) is 96.7 Å². The molecule has 8 heteroatoms. The van der Waals surface area contributed by atoms with E-state index in [2.05, 4.69) is 20.3 Å². The minimum absolute atomic E-state index is 0.124. The van der Waals surface area contributed by atoms with Crippen LogP contribution in [-0.4, -0.2) is 36.7 Å². The molecule has 0 radical (unpaired) electrons. The van der Waals surface area contributed by atoms with E-state index < -0.39 is 0 Å². The van der Waals surface area contributed by atoms with Gasteiger partial charge in [0.2, 0.25) is 0 Å². The van der Waals surface area contributed by atoms with E-state index in [1.165, 1.54) is 11.3 Å². The Labute approximate surface area is 117 Å². The number of aliphatic hydroxyl groups is 1. The molecule has 3 aromatic rings. The molecule has 0 amide bonds. The van der Waals surface area contributed by atoms with Crippen LogP contribution in [-0.2, 0) is 13.0 Å². The van der Waals surface area contributed by atoms with Crippen molar-refractivity contribution in [2.45, 2.75) is 19.4 Å². The fraction of sp³-hybridized carbons (Fsp3) is 0.333. The van der Waals surface area contributed by atoms with Crippen molar-refractivity contribution >= 4 is 21.6 Å².